The number of ether oxygens (including phenoxy) is 2. The van der Waals surface area contributed by atoms with E-state index >= 15 is 0 Å². The van der Waals surface area contributed by atoms with E-state index in [0.29, 0.717) is 19.5 Å². The van der Waals surface area contributed by atoms with Crippen LogP contribution in [0.4, 0.5) is 5.95 Å². The van der Waals surface area contributed by atoms with E-state index in [4.69, 9.17) is 9.47 Å². The largest absolute Gasteiger partial charge is 0.392 e. The molecular weight excluding hydrogens is 668 g/mol. The Hall–Kier alpha value is -4.68. The maximum atomic E-state index is 12.6. The smallest absolute Gasteiger partial charge is 0.225 e. The quantitative estimate of drug-likeness (QED) is 0.135. The summed E-state index contributed by atoms with van der Waals surface area (Å²) in [6.45, 7) is 9.07. The number of rotatable bonds is 15. The number of aliphatic hydroxyl groups is 1. The fourth-order valence-corrected chi connectivity index (χ4v) is 7.08. The van der Waals surface area contributed by atoms with Crippen molar-refractivity contribution in [2.45, 2.75) is 71.2 Å². The van der Waals surface area contributed by atoms with Gasteiger partial charge in [0.25, 0.3) is 0 Å². The number of carbonyl (C=O) groups excluding carboxylic acids is 2. The number of hydrogen-bond donors (Lipinski definition) is 3. The van der Waals surface area contributed by atoms with Crippen LogP contribution in [-0.4, -0.2) is 77.2 Å². The van der Waals surface area contributed by atoms with Gasteiger partial charge < -0.3 is 30.1 Å². The number of piperazine rings is 1. The first-order valence-corrected chi connectivity index (χ1v) is 18.8. The Morgan fingerprint density at radius 1 is 0.830 bits per heavy atom. The number of anilines is 1. The summed E-state index contributed by atoms with van der Waals surface area (Å²) in [6, 6.07) is 26.4. The molecule has 2 saturated heterocycles. The van der Waals surface area contributed by atoms with E-state index in [-0.39, 0.29) is 36.5 Å². The SMILES string of the molecule is CC(=O)NCCCCCC(=O)NCc1ccccc1-c1ccc(C2OC(CN3CCN(c4ncccn4)CC3)C(C)C(c3ccc(CO)cc3)O2)cc1. The number of unbranched alkanes of at least 4 members (excludes halogenated alkanes) is 2. The van der Waals surface area contributed by atoms with E-state index in [0.717, 1.165) is 91.3 Å². The Morgan fingerprint density at radius 2 is 1.55 bits per heavy atom. The van der Waals surface area contributed by atoms with Crippen LogP contribution in [0.15, 0.2) is 91.3 Å². The van der Waals surface area contributed by atoms with E-state index in [1.807, 2.05) is 30.3 Å². The molecule has 4 aromatic rings. The molecule has 0 bridgehead atoms. The summed E-state index contributed by atoms with van der Waals surface area (Å²) < 4.78 is 13.5. The molecule has 4 atom stereocenters. The van der Waals surface area contributed by atoms with Crippen LogP contribution in [0.3, 0.4) is 0 Å². The van der Waals surface area contributed by atoms with Crippen LogP contribution in [0.2, 0.25) is 0 Å². The highest BCUT2D eigenvalue weighted by Gasteiger charge is 2.39. The molecule has 0 spiro atoms. The second-order valence-corrected chi connectivity index (χ2v) is 14.0. The highest BCUT2D eigenvalue weighted by Crippen LogP contribution is 2.42. The Kier molecular flexibility index (Phi) is 13.6. The predicted octanol–water partition coefficient (Wildman–Crippen LogP) is 5.56. The van der Waals surface area contributed by atoms with Crippen LogP contribution in [0.5, 0.6) is 0 Å². The van der Waals surface area contributed by atoms with Gasteiger partial charge in [-0.05, 0) is 46.7 Å². The van der Waals surface area contributed by atoms with Crippen molar-refractivity contribution >= 4 is 17.8 Å². The lowest BCUT2D eigenvalue weighted by molar-refractivity contribution is -0.276. The fourth-order valence-electron chi connectivity index (χ4n) is 7.08. The average molecular weight is 721 g/mol. The minimum absolute atomic E-state index is 0.000306. The molecule has 11 heteroatoms. The van der Waals surface area contributed by atoms with Crippen LogP contribution in [0.1, 0.15) is 74.2 Å². The van der Waals surface area contributed by atoms with E-state index < -0.39 is 6.29 Å². The number of amides is 2. The standard InChI is InChI=1S/C42H52N6O5/c1-30-38(28-47-23-25-48(26-24-47)42-44-21-8-22-45-42)52-41(53-40(30)34-14-12-32(29-49)13-15-34)35-18-16-33(17-19-35)37-10-6-5-9-36(37)27-46-39(51)11-4-3-7-20-43-31(2)50/h5-6,8-10,12-19,21-22,30,38,40-41,49H,3-4,7,11,20,23-29H2,1-2H3,(H,43,50)(H,46,51). The van der Waals surface area contributed by atoms with Crippen molar-refractivity contribution in [2.75, 3.05) is 44.2 Å². The van der Waals surface area contributed by atoms with Crippen molar-refractivity contribution in [1.29, 1.82) is 0 Å². The number of aromatic nitrogens is 2. The van der Waals surface area contributed by atoms with E-state index in [1.165, 1.54) is 6.92 Å². The molecule has 11 nitrogen and oxygen atoms in total. The van der Waals surface area contributed by atoms with Gasteiger partial charge in [0.15, 0.2) is 6.29 Å². The van der Waals surface area contributed by atoms with Gasteiger partial charge in [-0.3, -0.25) is 14.5 Å². The summed E-state index contributed by atoms with van der Waals surface area (Å²) in [4.78, 5) is 37.2. The van der Waals surface area contributed by atoms with Crippen molar-refractivity contribution in [3.05, 3.63) is 114 Å². The lowest BCUT2D eigenvalue weighted by Gasteiger charge is -2.44. The van der Waals surface area contributed by atoms with Gasteiger partial charge in [-0.25, -0.2) is 9.97 Å². The highest BCUT2D eigenvalue weighted by atomic mass is 16.7. The molecule has 2 amide bonds. The van der Waals surface area contributed by atoms with Crippen molar-refractivity contribution in [1.82, 2.24) is 25.5 Å². The molecule has 3 aromatic carbocycles. The Morgan fingerprint density at radius 3 is 2.26 bits per heavy atom. The zero-order chi connectivity index (χ0) is 37.0. The summed E-state index contributed by atoms with van der Waals surface area (Å²) >= 11 is 0. The maximum Gasteiger partial charge on any atom is 0.225 e. The number of aliphatic hydroxyl groups excluding tert-OH is 1. The average Bonchev–Trinajstić information content (AvgIpc) is 3.20. The monoisotopic (exact) mass is 720 g/mol. The molecule has 6 rings (SSSR count). The molecule has 4 unspecified atom stereocenters. The van der Waals surface area contributed by atoms with Gasteiger partial charge in [0.05, 0.1) is 18.8 Å². The van der Waals surface area contributed by atoms with E-state index in [1.54, 1.807) is 12.4 Å². The minimum atomic E-state index is -0.556. The third-order valence-corrected chi connectivity index (χ3v) is 10.2. The first kappa shape index (κ1) is 38.1. The first-order valence-electron chi connectivity index (χ1n) is 18.8. The van der Waals surface area contributed by atoms with Gasteiger partial charge in [-0.1, -0.05) is 86.1 Å². The fraction of sp³-hybridized carbons (Fsp3) is 0.429. The van der Waals surface area contributed by atoms with Gasteiger partial charge in [-0.15, -0.1) is 0 Å². The van der Waals surface area contributed by atoms with Crippen LogP contribution >= 0.6 is 0 Å². The molecule has 0 saturated carbocycles. The Labute approximate surface area is 312 Å². The number of carbonyl (C=O) groups is 2. The van der Waals surface area contributed by atoms with Gasteiger partial charge in [0.2, 0.25) is 17.8 Å². The molecule has 0 aliphatic carbocycles. The summed E-state index contributed by atoms with van der Waals surface area (Å²) in [6.07, 6.45) is 5.76. The van der Waals surface area contributed by atoms with Crippen LogP contribution in [-0.2, 0) is 32.2 Å². The molecular formula is C42H52N6O5. The van der Waals surface area contributed by atoms with Crippen molar-refractivity contribution in [3.8, 4) is 11.1 Å². The van der Waals surface area contributed by atoms with Gasteiger partial charge >= 0.3 is 0 Å². The van der Waals surface area contributed by atoms with Crippen molar-refractivity contribution in [3.63, 3.8) is 0 Å². The highest BCUT2D eigenvalue weighted by molar-refractivity contribution is 5.76. The normalized spacial score (nSPS) is 20.5. The second-order valence-electron chi connectivity index (χ2n) is 14.0. The number of nitrogens with zero attached hydrogens (tertiary/aromatic N) is 4. The van der Waals surface area contributed by atoms with E-state index in [9.17, 15) is 14.7 Å². The minimum Gasteiger partial charge on any atom is -0.392 e. The number of hydrogen-bond acceptors (Lipinski definition) is 9. The lowest BCUT2D eigenvalue weighted by Crippen LogP contribution is -2.51. The van der Waals surface area contributed by atoms with Gasteiger partial charge in [0.1, 0.15) is 0 Å². The molecule has 3 heterocycles. The van der Waals surface area contributed by atoms with Crippen LogP contribution in [0.25, 0.3) is 11.1 Å². The number of benzene rings is 3. The zero-order valence-corrected chi connectivity index (χ0v) is 30.8. The third kappa shape index (κ3) is 10.5. The lowest BCUT2D eigenvalue weighted by atomic mass is 9.89. The van der Waals surface area contributed by atoms with Crippen molar-refractivity contribution < 1.29 is 24.2 Å². The molecule has 2 fully saturated rings. The van der Waals surface area contributed by atoms with Crippen LogP contribution in [0, 0.1) is 5.92 Å². The predicted molar refractivity (Wildman–Crippen MR) is 205 cm³/mol. The zero-order valence-electron chi connectivity index (χ0n) is 30.8. The maximum absolute atomic E-state index is 12.6. The summed E-state index contributed by atoms with van der Waals surface area (Å²) in [5.41, 5.74) is 6.04. The molecule has 2 aliphatic heterocycles. The number of nitrogens with one attached hydrogen (secondary N) is 2. The summed E-state index contributed by atoms with van der Waals surface area (Å²) in [7, 11) is 0. The molecule has 3 N–H and O–H groups in total. The molecule has 280 valence electrons. The summed E-state index contributed by atoms with van der Waals surface area (Å²) in [5, 5.41) is 15.5. The van der Waals surface area contributed by atoms with Gasteiger partial charge in [-0.2, -0.15) is 0 Å². The second kappa shape index (κ2) is 18.9. The molecule has 1 aromatic heterocycles. The van der Waals surface area contributed by atoms with Crippen LogP contribution < -0.4 is 15.5 Å². The van der Waals surface area contributed by atoms with E-state index in [2.05, 4.69) is 85.9 Å². The molecule has 0 radical (unpaired) electrons. The summed E-state index contributed by atoms with van der Waals surface area (Å²) in [5.74, 6) is 0.860. The Bertz CT molecular complexity index is 1750. The molecule has 2 aliphatic rings. The van der Waals surface area contributed by atoms with Crippen molar-refractivity contribution in [2.24, 2.45) is 5.92 Å². The molecule has 53 heavy (non-hydrogen) atoms. The Balaban J connectivity index is 1.11. The third-order valence-electron chi connectivity index (χ3n) is 10.2. The first-order chi connectivity index (χ1) is 25.9. The van der Waals surface area contributed by atoms with Gasteiger partial charge in [0, 0.05) is 83.0 Å². The topological polar surface area (TPSA) is 129 Å².